The van der Waals surface area contributed by atoms with Crippen LogP contribution in [0.15, 0.2) is 47.4 Å². The monoisotopic (exact) mass is 455 g/mol. The fraction of sp³-hybridized carbons (Fsp3) is 0.348. The Morgan fingerprint density at radius 1 is 1.16 bits per heavy atom. The molecule has 1 unspecified atom stereocenters. The molecule has 168 valence electrons. The van der Waals surface area contributed by atoms with E-state index < -0.39 is 17.5 Å². The number of carbonyl (C=O) groups excluding carboxylic acids is 3. The summed E-state index contributed by atoms with van der Waals surface area (Å²) in [5.41, 5.74) is 0.887. The standard InChI is InChI=1S/C23H25N3O5S/c1-15-3-6-17(7-4-15)32-10-9-24-20(27)13-26-21(28)23(2,25-22(26)29)12-16-5-8-18-19(11-16)31-14-30-18/h3-8,11H,9-10,12-14H2,1-2H3,(H,24,27)(H,25,29). The van der Waals surface area contributed by atoms with E-state index in [9.17, 15) is 14.4 Å². The maximum absolute atomic E-state index is 13.0. The number of rotatable bonds is 8. The number of aryl methyl sites for hydroxylation is 1. The van der Waals surface area contributed by atoms with E-state index in [0.717, 1.165) is 15.4 Å². The van der Waals surface area contributed by atoms with Gasteiger partial charge in [0.1, 0.15) is 12.1 Å². The molecule has 0 aromatic heterocycles. The summed E-state index contributed by atoms with van der Waals surface area (Å²) in [5, 5.41) is 5.50. The van der Waals surface area contributed by atoms with Crippen LogP contribution in [0.5, 0.6) is 11.5 Å². The van der Waals surface area contributed by atoms with Gasteiger partial charge in [0.25, 0.3) is 5.91 Å². The van der Waals surface area contributed by atoms with Crippen molar-refractivity contribution in [2.24, 2.45) is 0 Å². The minimum atomic E-state index is -1.13. The zero-order valence-electron chi connectivity index (χ0n) is 18.0. The fourth-order valence-corrected chi connectivity index (χ4v) is 4.43. The van der Waals surface area contributed by atoms with E-state index in [2.05, 4.69) is 10.6 Å². The number of benzene rings is 2. The Morgan fingerprint density at radius 2 is 1.91 bits per heavy atom. The highest BCUT2D eigenvalue weighted by Crippen LogP contribution is 2.34. The number of imide groups is 1. The van der Waals surface area contributed by atoms with Gasteiger partial charge in [-0.25, -0.2) is 4.79 Å². The molecule has 2 aromatic carbocycles. The van der Waals surface area contributed by atoms with Crippen molar-refractivity contribution in [3.8, 4) is 11.5 Å². The Hall–Kier alpha value is -3.20. The third-order valence-electron chi connectivity index (χ3n) is 5.36. The Morgan fingerprint density at radius 3 is 2.69 bits per heavy atom. The molecule has 4 amide bonds. The third kappa shape index (κ3) is 4.83. The largest absolute Gasteiger partial charge is 0.454 e. The molecule has 2 heterocycles. The Kier molecular flexibility index (Phi) is 6.27. The number of ether oxygens (including phenoxy) is 2. The summed E-state index contributed by atoms with van der Waals surface area (Å²) < 4.78 is 10.7. The maximum atomic E-state index is 13.0. The molecule has 8 nitrogen and oxygen atoms in total. The average Bonchev–Trinajstić information content (AvgIpc) is 3.30. The van der Waals surface area contributed by atoms with Crippen LogP contribution in [-0.4, -0.2) is 53.9 Å². The number of amides is 4. The molecular weight excluding hydrogens is 430 g/mol. The van der Waals surface area contributed by atoms with Crippen LogP contribution < -0.4 is 20.1 Å². The number of fused-ring (bicyclic) bond motifs is 1. The predicted octanol–water partition coefficient (Wildman–Crippen LogP) is 2.49. The second-order valence-corrected chi connectivity index (χ2v) is 9.20. The van der Waals surface area contributed by atoms with E-state index in [1.54, 1.807) is 30.8 Å². The average molecular weight is 456 g/mol. The molecule has 2 aliphatic heterocycles. The topological polar surface area (TPSA) is 97.0 Å². The minimum absolute atomic E-state index is 0.165. The van der Waals surface area contributed by atoms with Gasteiger partial charge in [-0.05, 0) is 43.7 Å². The molecule has 0 radical (unpaired) electrons. The lowest BCUT2D eigenvalue weighted by molar-refractivity contribution is -0.134. The van der Waals surface area contributed by atoms with Gasteiger partial charge >= 0.3 is 6.03 Å². The van der Waals surface area contributed by atoms with E-state index >= 15 is 0 Å². The number of nitrogens with zero attached hydrogens (tertiary/aromatic N) is 1. The van der Waals surface area contributed by atoms with E-state index in [0.29, 0.717) is 23.8 Å². The summed E-state index contributed by atoms with van der Waals surface area (Å²) in [7, 11) is 0. The third-order valence-corrected chi connectivity index (χ3v) is 6.37. The number of hydrogen-bond acceptors (Lipinski definition) is 6. The smallest absolute Gasteiger partial charge is 0.325 e. The highest BCUT2D eigenvalue weighted by molar-refractivity contribution is 7.99. The maximum Gasteiger partial charge on any atom is 0.325 e. The SMILES string of the molecule is Cc1ccc(SCCNC(=O)CN2C(=O)NC(C)(Cc3ccc4c(c3)OCO4)C2=O)cc1. The summed E-state index contributed by atoms with van der Waals surface area (Å²) in [4.78, 5) is 39.8. The van der Waals surface area contributed by atoms with Crippen molar-refractivity contribution in [3.63, 3.8) is 0 Å². The number of hydrogen-bond donors (Lipinski definition) is 2. The van der Waals surface area contributed by atoms with Crippen LogP contribution in [-0.2, 0) is 16.0 Å². The van der Waals surface area contributed by atoms with E-state index in [1.807, 2.05) is 37.3 Å². The molecule has 2 N–H and O–H groups in total. The van der Waals surface area contributed by atoms with Crippen molar-refractivity contribution < 1.29 is 23.9 Å². The minimum Gasteiger partial charge on any atom is -0.454 e. The van der Waals surface area contributed by atoms with Crippen LogP contribution in [0, 0.1) is 6.92 Å². The zero-order valence-corrected chi connectivity index (χ0v) is 18.8. The van der Waals surface area contributed by atoms with Crippen LogP contribution in [0.1, 0.15) is 18.1 Å². The molecule has 1 atom stereocenters. The molecular formula is C23H25N3O5S. The lowest BCUT2D eigenvalue weighted by Crippen LogP contribution is -2.47. The van der Waals surface area contributed by atoms with Crippen LogP contribution in [0.4, 0.5) is 4.79 Å². The normalized spacial score (nSPS) is 19.2. The van der Waals surface area contributed by atoms with Crippen LogP contribution in [0.2, 0.25) is 0 Å². The lowest BCUT2D eigenvalue weighted by Gasteiger charge is -2.21. The fourth-order valence-electron chi connectivity index (χ4n) is 3.66. The van der Waals surface area contributed by atoms with Crippen molar-refractivity contribution in [2.75, 3.05) is 25.6 Å². The van der Waals surface area contributed by atoms with Crippen molar-refractivity contribution in [2.45, 2.75) is 30.7 Å². The molecule has 0 aliphatic carbocycles. The van der Waals surface area contributed by atoms with Gasteiger partial charge in [0.15, 0.2) is 11.5 Å². The van der Waals surface area contributed by atoms with Gasteiger partial charge in [0, 0.05) is 23.6 Å². The summed E-state index contributed by atoms with van der Waals surface area (Å²) >= 11 is 1.63. The lowest BCUT2D eigenvalue weighted by atomic mass is 9.92. The molecule has 2 aromatic rings. The van der Waals surface area contributed by atoms with Gasteiger partial charge in [-0.15, -0.1) is 11.8 Å². The summed E-state index contributed by atoms with van der Waals surface area (Å²) in [5.74, 6) is 1.16. The molecule has 0 bridgehead atoms. The molecule has 4 rings (SSSR count). The molecule has 9 heteroatoms. The first kappa shape index (κ1) is 22.0. The first-order chi connectivity index (χ1) is 15.3. The van der Waals surface area contributed by atoms with Gasteiger partial charge in [-0.1, -0.05) is 23.8 Å². The second kappa shape index (κ2) is 9.12. The highest BCUT2D eigenvalue weighted by Gasteiger charge is 2.48. The van der Waals surface area contributed by atoms with E-state index in [4.69, 9.17) is 9.47 Å². The van der Waals surface area contributed by atoms with Crippen molar-refractivity contribution in [3.05, 3.63) is 53.6 Å². The second-order valence-electron chi connectivity index (χ2n) is 8.03. The number of nitrogens with one attached hydrogen (secondary N) is 2. The van der Waals surface area contributed by atoms with Gasteiger partial charge < -0.3 is 20.1 Å². The van der Waals surface area contributed by atoms with Gasteiger partial charge in [-0.2, -0.15) is 0 Å². The number of carbonyl (C=O) groups is 3. The Bertz CT molecular complexity index is 1040. The summed E-state index contributed by atoms with van der Waals surface area (Å²) in [6.45, 7) is 3.99. The predicted molar refractivity (Wildman–Crippen MR) is 120 cm³/mol. The number of urea groups is 1. The molecule has 2 aliphatic rings. The van der Waals surface area contributed by atoms with Crippen LogP contribution in [0.3, 0.4) is 0 Å². The van der Waals surface area contributed by atoms with Gasteiger partial charge in [0.2, 0.25) is 12.7 Å². The first-order valence-corrected chi connectivity index (χ1v) is 11.3. The highest BCUT2D eigenvalue weighted by atomic mass is 32.2. The molecule has 1 fully saturated rings. The van der Waals surface area contributed by atoms with Crippen molar-refractivity contribution >= 4 is 29.6 Å². The first-order valence-electron chi connectivity index (χ1n) is 10.3. The molecule has 0 spiro atoms. The van der Waals surface area contributed by atoms with Crippen LogP contribution >= 0.6 is 11.8 Å². The van der Waals surface area contributed by atoms with Crippen molar-refractivity contribution in [1.82, 2.24) is 15.5 Å². The quantitative estimate of drug-likeness (QED) is 0.361. The summed E-state index contributed by atoms with van der Waals surface area (Å²) in [6.07, 6.45) is 0.277. The van der Waals surface area contributed by atoms with Gasteiger partial charge in [0.05, 0.1) is 0 Å². The van der Waals surface area contributed by atoms with E-state index in [1.165, 1.54) is 5.56 Å². The van der Waals surface area contributed by atoms with E-state index in [-0.39, 0.29) is 25.7 Å². The Balaban J connectivity index is 1.28. The van der Waals surface area contributed by atoms with Gasteiger partial charge in [-0.3, -0.25) is 14.5 Å². The molecule has 1 saturated heterocycles. The number of thioether (sulfide) groups is 1. The zero-order chi connectivity index (χ0) is 22.7. The molecule has 0 saturated carbocycles. The Labute approximate surface area is 190 Å². The molecule has 32 heavy (non-hydrogen) atoms. The van der Waals surface area contributed by atoms with Crippen LogP contribution in [0.25, 0.3) is 0 Å². The van der Waals surface area contributed by atoms with Crippen molar-refractivity contribution in [1.29, 1.82) is 0 Å². The summed E-state index contributed by atoms with van der Waals surface area (Å²) in [6, 6.07) is 13.0.